The van der Waals surface area contributed by atoms with Crippen LogP contribution in [0, 0.1) is 0 Å². The van der Waals surface area contributed by atoms with E-state index < -0.39 is 8.07 Å². The van der Waals surface area contributed by atoms with E-state index in [-0.39, 0.29) is 0 Å². The molecule has 1 aliphatic rings. The van der Waals surface area contributed by atoms with Gasteiger partial charge in [-0.15, -0.1) is 6.58 Å². The lowest BCUT2D eigenvalue weighted by atomic mass is 10.2. The van der Waals surface area contributed by atoms with E-state index in [2.05, 4.69) is 32.3 Å². The van der Waals surface area contributed by atoms with Gasteiger partial charge in [0.1, 0.15) is 0 Å². The minimum atomic E-state index is -0.993. The van der Waals surface area contributed by atoms with Gasteiger partial charge in [-0.3, -0.25) is 0 Å². The largest absolute Gasteiger partial charge is 0.304 e. The first-order valence-electron chi connectivity index (χ1n) is 6.48. The summed E-state index contributed by atoms with van der Waals surface area (Å²) in [5.41, 5.74) is 1.41. The molecule has 1 heterocycles. The maximum atomic E-state index is 4.12. The van der Waals surface area contributed by atoms with Gasteiger partial charge in [-0.25, -0.2) is 0 Å². The molecule has 0 aromatic heterocycles. The van der Waals surface area contributed by atoms with Crippen molar-refractivity contribution in [2.75, 3.05) is 19.6 Å². The highest BCUT2D eigenvalue weighted by Crippen LogP contribution is 2.29. The Balaban J connectivity index is 2.42. The van der Waals surface area contributed by atoms with Crippen molar-refractivity contribution in [3.8, 4) is 0 Å². The SMILES string of the molecule is C=C(C)C[Si](CC)(CC)CCN1CCC1. The highest BCUT2D eigenvalue weighted by atomic mass is 28.3. The smallest absolute Gasteiger partial charge is 0.0583 e. The zero-order valence-corrected chi connectivity index (χ0v) is 11.8. The zero-order valence-electron chi connectivity index (χ0n) is 10.8. The molecular weight excluding hydrogens is 198 g/mol. The maximum absolute atomic E-state index is 4.12. The standard InChI is InChI=1S/C13H27NSi/c1-5-15(6-2,12-13(3)4)11-10-14-8-7-9-14/h3,5-12H2,1-2,4H3. The Morgan fingerprint density at radius 3 is 2.20 bits per heavy atom. The molecule has 0 atom stereocenters. The van der Waals surface area contributed by atoms with Gasteiger partial charge in [0.2, 0.25) is 0 Å². The molecule has 0 bridgehead atoms. The van der Waals surface area contributed by atoms with Crippen LogP contribution in [-0.2, 0) is 0 Å². The Morgan fingerprint density at radius 1 is 1.27 bits per heavy atom. The van der Waals surface area contributed by atoms with Crippen molar-refractivity contribution in [1.82, 2.24) is 4.90 Å². The lowest BCUT2D eigenvalue weighted by Gasteiger charge is -2.36. The van der Waals surface area contributed by atoms with Crippen LogP contribution in [0.3, 0.4) is 0 Å². The van der Waals surface area contributed by atoms with E-state index >= 15 is 0 Å². The Morgan fingerprint density at radius 2 is 1.87 bits per heavy atom. The highest BCUT2D eigenvalue weighted by Gasteiger charge is 2.29. The second-order valence-corrected chi connectivity index (χ2v) is 10.6. The van der Waals surface area contributed by atoms with E-state index in [1.54, 1.807) is 0 Å². The van der Waals surface area contributed by atoms with Crippen molar-refractivity contribution in [2.24, 2.45) is 0 Å². The third kappa shape index (κ3) is 3.76. The fourth-order valence-corrected chi connectivity index (χ4v) is 6.54. The van der Waals surface area contributed by atoms with Crippen molar-refractivity contribution >= 4 is 8.07 Å². The molecule has 0 saturated carbocycles. The Hall–Kier alpha value is -0.0831. The number of hydrogen-bond acceptors (Lipinski definition) is 1. The summed E-state index contributed by atoms with van der Waals surface area (Å²) in [5, 5.41) is 0. The maximum Gasteiger partial charge on any atom is 0.0583 e. The molecule has 0 radical (unpaired) electrons. The van der Waals surface area contributed by atoms with Gasteiger partial charge in [0.25, 0.3) is 0 Å². The molecule has 0 unspecified atom stereocenters. The number of rotatable bonds is 7. The summed E-state index contributed by atoms with van der Waals surface area (Å²) in [7, 11) is -0.993. The Kier molecular flexibility index (Phi) is 5.07. The summed E-state index contributed by atoms with van der Waals surface area (Å²) < 4.78 is 0. The number of nitrogens with zero attached hydrogens (tertiary/aromatic N) is 1. The molecule has 0 aromatic rings. The summed E-state index contributed by atoms with van der Waals surface area (Å²) in [6, 6.07) is 5.72. The highest BCUT2D eigenvalue weighted by molar-refractivity contribution is 6.80. The molecule has 1 aliphatic heterocycles. The van der Waals surface area contributed by atoms with Gasteiger partial charge in [0.05, 0.1) is 8.07 Å². The molecule has 1 saturated heterocycles. The fraction of sp³-hybridized carbons (Fsp3) is 0.846. The average molecular weight is 225 g/mol. The zero-order chi connectivity index (χ0) is 11.3. The molecule has 15 heavy (non-hydrogen) atoms. The van der Waals surface area contributed by atoms with Gasteiger partial charge >= 0.3 is 0 Å². The van der Waals surface area contributed by atoms with Gasteiger partial charge in [0.15, 0.2) is 0 Å². The quantitative estimate of drug-likeness (QED) is 0.471. The Bertz CT molecular complexity index is 205. The lowest BCUT2D eigenvalue weighted by Crippen LogP contribution is -2.42. The van der Waals surface area contributed by atoms with E-state index in [1.807, 2.05) is 0 Å². The van der Waals surface area contributed by atoms with Crippen LogP contribution in [0.1, 0.15) is 27.2 Å². The van der Waals surface area contributed by atoms with Crippen molar-refractivity contribution in [1.29, 1.82) is 0 Å². The fourth-order valence-electron chi connectivity index (χ4n) is 2.58. The van der Waals surface area contributed by atoms with Crippen molar-refractivity contribution in [3.05, 3.63) is 12.2 Å². The third-order valence-corrected chi connectivity index (χ3v) is 9.72. The van der Waals surface area contributed by atoms with Crippen LogP contribution >= 0.6 is 0 Å². The molecule has 0 spiro atoms. The minimum absolute atomic E-state index is 0.993. The predicted molar refractivity (Wildman–Crippen MR) is 72.2 cm³/mol. The van der Waals surface area contributed by atoms with E-state index in [0.717, 1.165) is 0 Å². The summed E-state index contributed by atoms with van der Waals surface area (Å²) in [6.07, 6.45) is 1.42. The van der Waals surface area contributed by atoms with Gasteiger partial charge in [-0.1, -0.05) is 31.5 Å². The number of hydrogen-bond donors (Lipinski definition) is 0. The molecule has 0 amide bonds. The first-order chi connectivity index (χ1) is 7.12. The summed E-state index contributed by atoms with van der Waals surface area (Å²) in [5.74, 6) is 0. The normalized spacial score (nSPS) is 17.5. The molecule has 1 nitrogen and oxygen atoms in total. The predicted octanol–water partition coefficient (Wildman–Crippen LogP) is 3.76. The van der Waals surface area contributed by atoms with Crippen LogP contribution in [0.15, 0.2) is 12.2 Å². The third-order valence-electron chi connectivity index (χ3n) is 4.08. The average Bonchev–Trinajstić information content (AvgIpc) is 2.13. The van der Waals surface area contributed by atoms with E-state index in [0.29, 0.717) is 0 Å². The first kappa shape index (κ1) is 13.0. The van der Waals surface area contributed by atoms with Crippen molar-refractivity contribution in [2.45, 2.75) is 51.4 Å². The minimum Gasteiger partial charge on any atom is -0.304 e. The van der Waals surface area contributed by atoms with Gasteiger partial charge in [0, 0.05) is 0 Å². The molecule has 0 aliphatic carbocycles. The van der Waals surface area contributed by atoms with E-state index in [4.69, 9.17) is 0 Å². The van der Waals surface area contributed by atoms with Crippen LogP contribution in [0.5, 0.6) is 0 Å². The van der Waals surface area contributed by atoms with Crippen LogP contribution in [-0.4, -0.2) is 32.6 Å². The Labute approximate surface area is 96.6 Å². The monoisotopic (exact) mass is 225 g/mol. The molecule has 1 fully saturated rings. The molecule has 0 N–H and O–H groups in total. The van der Waals surface area contributed by atoms with Crippen LogP contribution in [0.2, 0.25) is 24.2 Å². The molecule has 0 aromatic carbocycles. The molecule has 1 rings (SSSR count). The second-order valence-electron chi connectivity index (χ2n) is 5.29. The van der Waals surface area contributed by atoms with Gasteiger partial charge in [-0.2, -0.15) is 0 Å². The van der Waals surface area contributed by atoms with Crippen molar-refractivity contribution in [3.63, 3.8) is 0 Å². The topological polar surface area (TPSA) is 3.24 Å². The van der Waals surface area contributed by atoms with Crippen LogP contribution in [0.25, 0.3) is 0 Å². The molecular formula is C13H27NSi. The molecule has 2 heteroatoms. The van der Waals surface area contributed by atoms with Crippen molar-refractivity contribution < 1.29 is 0 Å². The number of allylic oxidation sites excluding steroid dienone is 1. The number of likely N-dealkylation sites (tertiary alicyclic amines) is 1. The molecule has 88 valence electrons. The summed E-state index contributed by atoms with van der Waals surface area (Å²) >= 11 is 0. The summed E-state index contributed by atoms with van der Waals surface area (Å²) in [6.45, 7) is 15.2. The van der Waals surface area contributed by atoms with Crippen LogP contribution < -0.4 is 0 Å². The van der Waals surface area contributed by atoms with Gasteiger partial charge in [-0.05, 0) is 45.1 Å². The van der Waals surface area contributed by atoms with E-state index in [9.17, 15) is 0 Å². The van der Waals surface area contributed by atoms with Gasteiger partial charge < -0.3 is 4.90 Å². The second kappa shape index (κ2) is 5.85. The first-order valence-corrected chi connectivity index (χ1v) is 9.31. The lowest BCUT2D eigenvalue weighted by molar-refractivity contribution is 0.191. The van der Waals surface area contributed by atoms with E-state index in [1.165, 1.54) is 55.8 Å². The summed E-state index contributed by atoms with van der Waals surface area (Å²) in [4.78, 5) is 2.62. The van der Waals surface area contributed by atoms with Crippen LogP contribution in [0.4, 0.5) is 0 Å².